The van der Waals surface area contributed by atoms with Crippen molar-refractivity contribution in [2.45, 2.75) is 0 Å². The SMILES string of the molecule is BrCC#CCOc1ccccc1OCC#CCBr. The molecule has 0 saturated carbocycles. The quantitative estimate of drug-likeness (QED) is 0.597. The summed E-state index contributed by atoms with van der Waals surface area (Å²) in [4.78, 5) is 0. The molecule has 0 aliphatic rings. The number of hydrogen-bond acceptors (Lipinski definition) is 2. The number of ether oxygens (including phenoxy) is 2. The van der Waals surface area contributed by atoms with Gasteiger partial charge in [-0.3, -0.25) is 0 Å². The van der Waals surface area contributed by atoms with Gasteiger partial charge in [0.15, 0.2) is 11.5 Å². The molecule has 0 saturated heterocycles. The van der Waals surface area contributed by atoms with Crippen LogP contribution in [-0.2, 0) is 0 Å². The normalized spacial score (nSPS) is 8.56. The lowest BCUT2D eigenvalue weighted by Crippen LogP contribution is -2.00. The predicted molar refractivity (Wildman–Crippen MR) is 80.6 cm³/mol. The van der Waals surface area contributed by atoms with Gasteiger partial charge >= 0.3 is 0 Å². The Labute approximate surface area is 124 Å². The van der Waals surface area contributed by atoms with Crippen LogP contribution >= 0.6 is 31.9 Å². The maximum atomic E-state index is 5.52. The maximum absolute atomic E-state index is 5.52. The van der Waals surface area contributed by atoms with E-state index in [1.165, 1.54) is 0 Å². The highest BCUT2D eigenvalue weighted by Crippen LogP contribution is 2.25. The van der Waals surface area contributed by atoms with Crippen molar-refractivity contribution in [3.8, 4) is 35.2 Å². The number of hydrogen-bond donors (Lipinski definition) is 0. The molecule has 0 atom stereocenters. The van der Waals surface area contributed by atoms with Gasteiger partial charge in [0.05, 0.1) is 10.7 Å². The highest BCUT2D eigenvalue weighted by molar-refractivity contribution is 9.09. The number of rotatable bonds is 4. The molecule has 1 aromatic rings. The van der Waals surface area contributed by atoms with Crippen LogP contribution in [0.3, 0.4) is 0 Å². The van der Waals surface area contributed by atoms with Crippen molar-refractivity contribution in [3.63, 3.8) is 0 Å². The summed E-state index contributed by atoms with van der Waals surface area (Å²) in [7, 11) is 0. The van der Waals surface area contributed by atoms with Crippen molar-refractivity contribution in [2.75, 3.05) is 23.9 Å². The first-order chi connectivity index (χ1) is 8.88. The first-order valence-corrected chi connectivity index (χ1v) is 7.50. The van der Waals surface area contributed by atoms with Crippen LogP contribution in [0.25, 0.3) is 0 Å². The third-order valence-corrected chi connectivity index (χ3v) is 2.39. The van der Waals surface area contributed by atoms with Gasteiger partial charge in [-0.15, -0.1) is 0 Å². The lowest BCUT2D eigenvalue weighted by molar-refractivity contribution is 0.314. The summed E-state index contributed by atoms with van der Waals surface area (Å²) in [6.07, 6.45) is 0. The van der Waals surface area contributed by atoms with E-state index in [9.17, 15) is 0 Å². The molecule has 0 heterocycles. The van der Waals surface area contributed by atoms with Gasteiger partial charge in [0.1, 0.15) is 13.2 Å². The van der Waals surface area contributed by atoms with Crippen molar-refractivity contribution in [2.24, 2.45) is 0 Å². The zero-order chi connectivity index (χ0) is 13.1. The molecule has 0 aromatic heterocycles. The highest BCUT2D eigenvalue weighted by Gasteiger charge is 2.02. The van der Waals surface area contributed by atoms with Gasteiger partial charge in [0.2, 0.25) is 0 Å². The van der Waals surface area contributed by atoms with Crippen LogP contribution in [0.1, 0.15) is 0 Å². The predicted octanol–water partition coefficient (Wildman–Crippen LogP) is 3.24. The van der Waals surface area contributed by atoms with Crippen molar-refractivity contribution in [3.05, 3.63) is 24.3 Å². The number of benzene rings is 1. The molecule has 2 nitrogen and oxygen atoms in total. The lowest BCUT2D eigenvalue weighted by atomic mass is 10.3. The first kappa shape index (κ1) is 15.0. The van der Waals surface area contributed by atoms with Gasteiger partial charge in [-0.25, -0.2) is 0 Å². The summed E-state index contributed by atoms with van der Waals surface area (Å²) < 4.78 is 11.0. The molecule has 0 aliphatic carbocycles. The molecule has 4 heteroatoms. The molecule has 0 aliphatic heterocycles. The molecule has 0 fully saturated rings. The molecule has 18 heavy (non-hydrogen) atoms. The van der Waals surface area contributed by atoms with Crippen LogP contribution in [0.2, 0.25) is 0 Å². The molecular formula is C14H12Br2O2. The van der Waals surface area contributed by atoms with E-state index >= 15 is 0 Å². The zero-order valence-electron chi connectivity index (χ0n) is 9.71. The average molecular weight is 372 g/mol. The lowest BCUT2D eigenvalue weighted by Gasteiger charge is -2.08. The summed E-state index contributed by atoms with van der Waals surface area (Å²) in [6.45, 7) is 0.693. The highest BCUT2D eigenvalue weighted by atomic mass is 79.9. The minimum Gasteiger partial charge on any atom is -0.477 e. The Morgan fingerprint density at radius 1 is 0.778 bits per heavy atom. The van der Waals surface area contributed by atoms with Crippen molar-refractivity contribution in [1.82, 2.24) is 0 Å². The fourth-order valence-electron chi connectivity index (χ4n) is 1.11. The Hall–Kier alpha value is -1.10. The first-order valence-electron chi connectivity index (χ1n) is 5.26. The minimum atomic E-state index is 0.346. The summed E-state index contributed by atoms with van der Waals surface area (Å²) in [6, 6.07) is 7.49. The molecule has 0 unspecified atom stereocenters. The van der Waals surface area contributed by atoms with Gasteiger partial charge in [-0.2, -0.15) is 0 Å². The zero-order valence-corrected chi connectivity index (χ0v) is 12.9. The largest absolute Gasteiger partial charge is 0.477 e. The Balaban J connectivity index is 2.56. The number of alkyl halides is 2. The van der Waals surface area contributed by atoms with Crippen molar-refractivity contribution < 1.29 is 9.47 Å². The van der Waals surface area contributed by atoms with Crippen LogP contribution in [-0.4, -0.2) is 23.9 Å². The monoisotopic (exact) mass is 370 g/mol. The average Bonchev–Trinajstić information content (AvgIpc) is 2.41. The van der Waals surface area contributed by atoms with E-state index in [0.717, 1.165) is 0 Å². The Morgan fingerprint density at radius 2 is 1.22 bits per heavy atom. The number of halogens is 2. The fraction of sp³-hybridized carbons (Fsp3) is 0.286. The van der Waals surface area contributed by atoms with E-state index in [0.29, 0.717) is 35.4 Å². The second-order valence-corrected chi connectivity index (χ2v) is 4.12. The molecule has 94 valence electrons. The molecule has 0 N–H and O–H groups in total. The minimum absolute atomic E-state index is 0.346. The second kappa shape index (κ2) is 9.88. The Kier molecular flexibility index (Phi) is 8.21. The van der Waals surface area contributed by atoms with E-state index in [2.05, 4.69) is 55.5 Å². The number of para-hydroxylation sites is 2. The van der Waals surface area contributed by atoms with Crippen molar-refractivity contribution >= 4 is 31.9 Å². The third-order valence-electron chi connectivity index (χ3n) is 1.83. The van der Waals surface area contributed by atoms with Crippen LogP contribution < -0.4 is 9.47 Å². The Bertz CT molecular complexity index is 433. The third kappa shape index (κ3) is 6.00. The smallest absolute Gasteiger partial charge is 0.162 e. The van der Waals surface area contributed by atoms with Crippen LogP contribution in [0.4, 0.5) is 0 Å². The summed E-state index contributed by atoms with van der Waals surface area (Å²) in [5.41, 5.74) is 0. The standard InChI is InChI=1S/C14H12Br2O2/c15-9-3-5-11-17-13-7-1-2-8-14(13)18-12-6-4-10-16/h1-2,7-8H,9-12H2. The molecule has 0 radical (unpaired) electrons. The van der Waals surface area contributed by atoms with Crippen molar-refractivity contribution in [1.29, 1.82) is 0 Å². The van der Waals surface area contributed by atoms with Gasteiger partial charge in [0.25, 0.3) is 0 Å². The van der Waals surface area contributed by atoms with Gasteiger partial charge in [-0.1, -0.05) is 67.7 Å². The van der Waals surface area contributed by atoms with Crippen LogP contribution in [0, 0.1) is 23.7 Å². The molecule has 0 spiro atoms. The molecule has 1 rings (SSSR count). The van der Waals surface area contributed by atoms with E-state index in [4.69, 9.17) is 9.47 Å². The molecule has 0 bridgehead atoms. The summed E-state index contributed by atoms with van der Waals surface area (Å²) >= 11 is 6.45. The topological polar surface area (TPSA) is 18.5 Å². The van der Waals surface area contributed by atoms with Crippen LogP contribution in [0.15, 0.2) is 24.3 Å². The summed E-state index contributed by atoms with van der Waals surface area (Å²) in [5.74, 6) is 12.9. The second-order valence-electron chi connectivity index (χ2n) is 3.00. The van der Waals surface area contributed by atoms with Gasteiger partial charge in [-0.05, 0) is 12.1 Å². The Morgan fingerprint density at radius 3 is 1.61 bits per heavy atom. The van der Waals surface area contributed by atoms with E-state index < -0.39 is 0 Å². The van der Waals surface area contributed by atoms with E-state index in [1.807, 2.05) is 24.3 Å². The molecule has 1 aromatic carbocycles. The fourth-order valence-corrected chi connectivity index (χ4v) is 1.51. The van der Waals surface area contributed by atoms with E-state index in [-0.39, 0.29) is 0 Å². The van der Waals surface area contributed by atoms with Gasteiger partial charge < -0.3 is 9.47 Å². The van der Waals surface area contributed by atoms with Gasteiger partial charge in [0, 0.05) is 0 Å². The molecule has 0 amide bonds. The maximum Gasteiger partial charge on any atom is 0.162 e. The molecular weight excluding hydrogens is 360 g/mol. The van der Waals surface area contributed by atoms with E-state index in [1.54, 1.807) is 0 Å². The summed E-state index contributed by atoms with van der Waals surface area (Å²) in [5, 5.41) is 1.30. The van der Waals surface area contributed by atoms with Crippen LogP contribution in [0.5, 0.6) is 11.5 Å².